The summed E-state index contributed by atoms with van der Waals surface area (Å²) in [6.07, 6.45) is 0.906. The van der Waals surface area contributed by atoms with Crippen LogP contribution in [0, 0.1) is 11.6 Å². The van der Waals surface area contributed by atoms with Crippen LogP contribution in [0.3, 0.4) is 0 Å². The van der Waals surface area contributed by atoms with E-state index in [2.05, 4.69) is 14.9 Å². The van der Waals surface area contributed by atoms with E-state index < -0.39 is 11.6 Å². The summed E-state index contributed by atoms with van der Waals surface area (Å²) in [7, 11) is 1.53. The second-order valence-corrected chi connectivity index (χ2v) is 6.49. The summed E-state index contributed by atoms with van der Waals surface area (Å²) in [5, 5.41) is 0.452. The Morgan fingerprint density at radius 1 is 1.38 bits per heavy atom. The van der Waals surface area contributed by atoms with Crippen LogP contribution in [0.2, 0.25) is 0 Å². The Morgan fingerprint density at radius 2 is 2.21 bits per heavy atom. The minimum atomic E-state index is -0.855. The largest absolute Gasteiger partial charge is 0.481 e. The quantitative estimate of drug-likeness (QED) is 0.659. The minimum Gasteiger partial charge on any atom is -0.481 e. The SMILES string of the molecule is COc1cc(N2CC[C@H](N)C2)nc(SCc2cccc(F)c2F)n1. The maximum atomic E-state index is 13.7. The van der Waals surface area contributed by atoms with Crippen LogP contribution in [-0.4, -0.2) is 36.2 Å². The van der Waals surface area contributed by atoms with Crippen molar-refractivity contribution in [3.05, 3.63) is 41.5 Å². The number of nitrogens with two attached hydrogens (primary N) is 1. The topological polar surface area (TPSA) is 64.3 Å². The average Bonchev–Trinajstić information content (AvgIpc) is 3.02. The molecule has 128 valence electrons. The number of aromatic nitrogens is 2. The first-order chi connectivity index (χ1) is 11.6. The van der Waals surface area contributed by atoms with Crippen molar-refractivity contribution in [1.29, 1.82) is 0 Å². The van der Waals surface area contributed by atoms with Gasteiger partial charge >= 0.3 is 0 Å². The maximum Gasteiger partial charge on any atom is 0.219 e. The van der Waals surface area contributed by atoms with E-state index in [4.69, 9.17) is 10.5 Å². The lowest BCUT2D eigenvalue weighted by atomic mass is 10.2. The Balaban J connectivity index is 1.78. The van der Waals surface area contributed by atoms with Crippen LogP contribution >= 0.6 is 11.8 Å². The van der Waals surface area contributed by atoms with E-state index in [9.17, 15) is 8.78 Å². The summed E-state index contributed by atoms with van der Waals surface area (Å²) in [4.78, 5) is 10.8. The molecule has 2 aromatic rings. The van der Waals surface area contributed by atoms with Crippen molar-refractivity contribution in [2.45, 2.75) is 23.4 Å². The Labute approximate surface area is 143 Å². The fourth-order valence-electron chi connectivity index (χ4n) is 2.52. The molecule has 8 heteroatoms. The lowest BCUT2D eigenvalue weighted by Gasteiger charge is -2.18. The average molecular weight is 352 g/mol. The number of hydrogen-bond acceptors (Lipinski definition) is 6. The van der Waals surface area contributed by atoms with Gasteiger partial charge in [-0.1, -0.05) is 23.9 Å². The predicted molar refractivity (Wildman–Crippen MR) is 89.3 cm³/mol. The van der Waals surface area contributed by atoms with Crippen molar-refractivity contribution in [1.82, 2.24) is 9.97 Å². The van der Waals surface area contributed by atoms with Crippen LogP contribution in [-0.2, 0) is 5.75 Å². The highest BCUT2D eigenvalue weighted by atomic mass is 32.2. The van der Waals surface area contributed by atoms with Crippen LogP contribution in [0.15, 0.2) is 29.4 Å². The second-order valence-electron chi connectivity index (χ2n) is 5.55. The van der Waals surface area contributed by atoms with Crippen LogP contribution in [0.1, 0.15) is 12.0 Å². The van der Waals surface area contributed by atoms with Gasteiger partial charge in [0, 0.05) is 36.5 Å². The zero-order valence-corrected chi connectivity index (χ0v) is 14.0. The van der Waals surface area contributed by atoms with E-state index in [1.54, 1.807) is 12.1 Å². The van der Waals surface area contributed by atoms with Crippen molar-refractivity contribution in [3.63, 3.8) is 0 Å². The van der Waals surface area contributed by atoms with Gasteiger partial charge in [-0.15, -0.1) is 0 Å². The summed E-state index contributed by atoms with van der Waals surface area (Å²) in [5.74, 6) is -0.292. The molecule has 1 atom stereocenters. The van der Waals surface area contributed by atoms with E-state index in [0.29, 0.717) is 11.0 Å². The molecule has 0 bridgehead atoms. The van der Waals surface area contributed by atoms with Crippen LogP contribution in [0.5, 0.6) is 5.88 Å². The number of methoxy groups -OCH3 is 1. The van der Waals surface area contributed by atoms with Gasteiger partial charge < -0.3 is 15.4 Å². The molecule has 0 saturated carbocycles. The van der Waals surface area contributed by atoms with E-state index >= 15 is 0 Å². The number of anilines is 1. The molecule has 0 spiro atoms. The molecule has 1 saturated heterocycles. The zero-order chi connectivity index (χ0) is 17.1. The zero-order valence-electron chi connectivity index (χ0n) is 13.2. The van der Waals surface area contributed by atoms with Gasteiger partial charge in [0.25, 0.3) is 0 Å². The molecule has 24 heavy (non-hydrogen) atoms. The lowest BCUT2D eigenvalue weighted by Crippen LogP contribution is -2.27. The Hall–Kier alpha value is -1.93. The normalized spacial score (nSPS) is 17.3. The summed E-state index contributed by atoms with van der Waals surface area (Å²) < 4.78 is 32.2. The first-order valence-electron chi connectivity index (χ1n) is 7.56. The fraction of sp³-hybridized carbons (Fsp3) is 0.375. The predicted octanol–water partition coefficient (Wildman–Crippen LogP) is 2.59. The standard InChI is InChI=1S/C16H18F2N4OS/c1-23-14-7-13(22-6-5-11(19)8-22)20-16(21-14)24-9-10-3-2-4-12(17)15(10)18/h2-4,7,11H,5-6,8-9,19H2,1H3/t11-/m0/s1. The van der Waals surface area contributed by atoms with E-state index in [-0.39, 0.29) is 17.4 Å². The van der Waals surface area contributed by atoms with Gasteiger partial charge in [-0.25, -0.2) is 13.8 Å². The number of halogens is 2. The van der Waals surface area contributed by atoms with E-state index in [0.717, 1.165) is 31.4 Å². The monoisotopic (exact) mass is 352 g/mol. The Kier molecular flexibility index (Phi) is 5.15. The smallest absolute Gasteiger partial charge is 0.219 e. The maximum absolute atomic E-state index is 13.7. The van der Waals surface area contributed by atoms with Gasteiger partial charge in [-0.3, -0.25) is 0 Å². The summed E-state index contributed by atoms with van der Waals surface area (Å²) in [5.41, 5.74) is 6.21. The molecule has 1 fully saturated rings. The molecular formula is C16H18F2N4OS. The summed E-state index contributed by atoms with van der Waals surface area (Å²) in [6.45, 7) is 1.55. The highest BCUT2D eigenvalue weighted by Crippen LogP contribution is 2.28. The summed E-state index contributed by atoms with van der Waals surface area (Å²) in [6, 6.07) is 6.01. The Morgan fingerprint density at radius 3 is 2.92 bits per heavy atom. The van der Waals surface area contributed by atoms with Crippen LogP contribution in [0.25, 0.3) is 0 Å². The van der Waals surface area contributed by atoms with Gasteiger partial charge in [0.05, 0.1) is 7.11 Å². The number of nitrogens with zero attached hydrogens (tertiary/aromatic N) is 3. The number of thioether (sulfide) groups is 1. The van der Waals surface area contributed by atoms with Crippen LogP contribution in [0.4, 0.5) is 14.6 Å². The molecular weight excluding hydrogens is 334 g/mol. The van der Waals surface area contributed by atoms with Gasteiger partial charge in [0.15, 0.2) is 16.8 Å². The Bertz CT molecular complexity index is 731. The molecule has 3 rings (SSSR count). The minimum absolute atomic E-state index is 0.128. The number of benzene rings is 1. The fourth-order valence-corrected chi connectivity index (χ4v) is 3.34. The molecule has 2 heterocycles. The number of rotatable bonds is 5. The third kappa shape index (κ3) is 3.76. The first-order valence-corrected chi connectivity index (χ1v) is 8.54. The van der Waals surface area contributed by atoms with Gasteiger partial charge in [0.2, 0.25) is 5.88 Å². The van der Waals surface area contributed by atoms with Gasteiger partial charge in [-0.05, 0) is 12.5 Å². The third-order valence-corrected chi connectivity index (χ3v) is 4.71. The number of hydrogen-bond donors (Lipinski definition) is 1. The molecule has 0 aliphatic carbocycles. The lowest BCUT2D eigenvalue weighted by molar-refractivity contribution is 0.392. The van der Waals surface area contributed by atoms with Crippen LogP contribution < -0.4 is 15.4 Å². The molecule has 1 aliphatic heterocycles. The molecule has 0 unspecified atom stereocenters. The molecule has 0 radical (unpaired) electrons. The van der Waals surface area contributed by atoms with Crippen molar-refractivity contribution in [2.75, 3.05) is 25.1 Å². The first kappa shape index (κ1) is 16.9. The molecule has 0 amide bonds. The van der Waals surface area contributed by atoms with Crippen molar-refractivity contribution >= 4 is 17.6 Å². The van der Waals surface area contributed by atoms with Crippen molar-refractivity contribution in [2.24, 2.45) is 5.73 Å². The second kappa shape index (κ2) is 7.31. The third-order valence-electron chi connectivity index (χ3n) is 3.81. The van der Waals surface area contributed by atoms with Gasteiger partial charge in [-0.2, -0.15) is 4.98 Å². The summed E-state index contributed by atoms with van der Waals surface area (Å²) >= 11 is 1.23. The van der Waals surface area contributed by atoms with E-state index in [1.165, 1.54) is 24.9 Å². The molecule has 5 nitrogen and oxygen atoms in total. The molecule has 1 aromatic heterocycles. The number of ether oxygens (including phenoxy) is 1. The highest BCUT2D eigenvalue weighted by Gasteiger charge is 2.22. The molecule has 1 aromatic carbocycles. The van der Waals surface area contributed by atoms with E-state index in [1.807, 2.05) is 0 Å². The molecule has 1 aliphatic rings. The molecule has 2 N–H and O–H groups in total. The van der Waals surface area contributed by atoms with Crippen molar-refractivity contribution < 1.29 is 13.5 Å². The van der Waals surface area contributed by atoms with Crippen molar-refractivity contribution in [3.8, 4) is 5.88 Å². The highest BCUT2D eigenvalue weighted by molar-refractivity contribution is 7.98. The van der Waals surface area contributed by atoms with Gasteiger partial charge in [0.1, 0.15) is 5.82 Å².